The maximum atomic E-state index is 12.7. The smallest absolute Gasteiger partial charge is 0.326 e. The van der Waals surface area contributed by atoms with Crippen molar-refractivity contribution in [2.45, 2.75) is 49.9 Å². The molecular formula is C22H30N4O9S. The molecule has 3 amide bonds. The quantitative estimate of drug-likeness (QED) is 0.135. The third-order valence-corrected chi connectivity index (χ3v) is 5.53. The van der Waals surface area contributed by atoms with Crippen LogP contribution in [-0.4, -0.2) is 87.1 Å². The van der Waals surface area contributed by atoms with E-state index in [2.05, 4.69) is 16.0 Å². The van der Waals surface area contributed by atoms with Crippen LogP contribution in [0.25, 0.3) is 0 Å². The fraction of sp³-hybridized carbons (Fsp3) is 0.455. The lowest BCUT2D eigenvalue weighted by molar-refractivity contribution is -0.145. The van der Waals surface area contributed by atoms with Gasteiger partial charge in [-0.1, -0.05) is 30.3 Å². The monoisotopic (exact) mass is 526 g/mol. The van der Waals surface area contributed by atoms with Gasteiger partial charge in [0.25, 0.3) is 0 Å². The molecule has 0 radical (unpaired) electrons. The molecule has 1 aromatic rings. The van der Waals surface area contributed by atoms with Crippen molar-refractivity contribution in [1.82, 2.24) is 16.0 Å². The molecule has 0 aromatic heterocycles. The molecule has 1 rings (SSSR count). The van der Waals surface area contributed by atoms with Gasteiger partial charge in [0.15, 0.2) is 0 Å². The van der Waals surface area contributed by atoms with Gasteiger partial charge in [0.2, 0.25) is 17.7 Å². The molecule has 1 aromatic carbocycles. The van der Waals surface area contributed by atoms with Gasteiger partial charge >= 0.3 is 17.9 Å². The number of benzene rings is 1. The van der Waals surface area contributed by atoms with E-state index in [4.69, 9.17) is 10.8 Å². The molecule has 0 spiro atoms. The maximum absolute atomic E-state index is 12.7. The summed E-state index contributed by atoms with van der Waals surface area (Å²) in [5.74, 6) is -6.81. The molecule has 0 aliphatic heterocycles. The largest absolute Gasteiger partial charge is 0.481 e. The van der Waals surface area contributed by atoms with Crippen molar-refractivity contribution in [1.29, 1.82) is 0 Å². The highest BCUT2D eigenvalue weighted by Crippen LogP contribution is 2.06. The van der Waals surface area contributed by atoms with Crippen LogP contribution in [0.5, 0.6) is 0 Å². The van der Waals surface area contributed by atoms with Gasteiger partial charge in [-0.3, -0.25) is 24.0 Å². The van der Waals surface area contributed by atoms with Gasteiger partial charge < -0.3 is 37.0 Å². The van der Waals surface area contributed by atoms with Gasteiger partial charge in [-0.15, -0.1) is 0 Å². The molecule has 198 valence electrons. The second kappa shape index (κ2) is 15.4. The molecule has 4 unspecified atom stereocenters. The molecule has 0 fully saturated rings. The van der Waals surface area contributed by atoms with Crippen LogP contribution in [0.4, 0.5) is 0 Å². The summed E-state index contributed by atoms with van der Waals surface area (Å²) in [6.45, 7) is 0. The van der Waals surface area contributed by atoms with E-state index in [0.29, 0.717) is 11.3 Å². The number of carbonyl (C=O) groups excluding carboxylic acids is 3. The summed E-state index contributed by atoms with van der Waals surface area (Å²) in [5, 5.41) is 34.3. The lowest BCUT2D eigenvalue weighted by atomic mass is 10.0. The summed E-state index contributed by atoms with van der Waals surface area (Å²) in [6, 6.07) is 2.50. The standard InChI is InChI=1S/C22H30N4O9S/c1-36-8-7-13(23)19(31)24-14(10-17(27)28)20(32)25-15(11-18(29)30)21(33)26-16(22(34)35)9-12-5-3-2-4-6-12/h2-6,13-16H,7-11,23H2,1H3,(H,24,31)(H,25,32)(H,26,33)(H,27,28)(H,29,30)(H,34,35). The zero-order chi connectivity index (χ0) is 27.3. The second-order valence-corrected chi connectivity index (χ2v) is 8.78. The molecule has 13 nitrogen and oxygen atoms in total. The van der Waals surface area contributed by atoms with Crippen molar-refractivity contribution in [3.05, 3.63) is 35.9 Å². The highest BCUT2D eigenvalue weighted by atomic mass is 32.2. The number of aliphatic carboxylic acids is 3. The third kappa shape index (κ3) is 11.2. The molecule has 0 aliphatic carbocycles. The molecule has 0 aliphatic rings. The normalized spacial score (nSPS) is 13.9. The van der Waals surface area contributed by atoms with E-state index in [-0.39, 0.29) is 12.8 Å². The Balaban J connectivity index is 2.99. The highest BCUT2D eigenvalue weighted by molar-refractivity contribution is 7.98. The predicted molar refractivity (Wildman–Crippen MR) is 129 cm³/mol. The van der Waals surface area contributed by atoms with Crippen LogP contribution in [0, 0.1) is 0 Å². The zero-order valence-corrected chi connectivity index (χ0v) is 20.3. The van der Waals surface area contributed by atoms with Crippen molar-refractivity contribution < 1.29 is 44.1 Å². The first-order valence-corrected chi connectivity index (χ1v) is 12.2. The van der Waals surface area contributed by atoms with Crippen LogP contribution in [0.3, 0.4) is 0 Å². The fourth-order valence-corrected chi connectivity index (χ4v) is 3.51. The average molecular weight is 527 g/mol. The minimum absolute atomic E-state index is 0.110. The van der Waals surface area contributed by atoms with Gasteiger partial charge in [0.1, 0.15) is 18.1 Å². The number of carboxylic acids is 3. The SMILES string of the molecule is CSCCC(N)C(=O)NC(CC(=O)O)C(=O)NC(CC(=O)O)C(=O)NC(Cc1ccccc1)C(=O)O. The topological polar surface area (TPSA) is 225 Å². The first-order chi connectivity index (χ1) is 16.9. The molecule has 4 atom stereocenters. The number of nitrogens with one attached hydrogen (secondary N) is 3. The van der Waals surface area contributed by atoms with E-state index in [9.17, 15) is 39.0 Å². The number of carboxylic acid groups (broad SMARTS) is 3. The Bertz CT molecular complexity index is 945. The number of rotatable bonds is 16. The van der Waals surface area contributed by atoms with E-state index in [1.165, 1.54) is 11.8 Å². The molecule has 0 saturated heterocycles. The Kier molecular flexibility index (Phi) is 13.0. The summed E-state index contributed by atoms with van der Waals surface area (Å²) >= 11 is 1.43. The van der Waals surface area contributed by atoms with Gasteiger partial charge in [0.05, 0.1) is 18.9 Å². The molecular weight excluding hydrogens is 496 g/mol. The van der Waals surface area contributed by atoms with E-state index < -0.39 is 72.6 Å². The molecule has 8 N–H and O–H groups in total. The van der Waals surface area contributed by atoms with Crippen LogP contribution < -0.4 is 21.7 Å². The van der Waals surface area contributed by atoms with Crippen molar-refractivity contribution in [2.24, 2.45) is 5.73 Å². The van der Waals surface area contributed by atoms with Crippen LogP contribution in [-0.2, 0) is 35.2 Å². The molecule has 36 heavy (non-hydrogen) atoms. The molecule has 14 heteroatoms. The van der Waals surface area contributed by atoms with Crippen LogP contribution >= 0.6 is 11.8 Å². The number of amides is 3. The van der Waals surface area contributed by atoms with Crippen molar-refractivity contribution in [3.8, 4) is 0 Å². The van der Waals surface area contributed by atoms with E-state index in [0.717, 1.165) is 0 Å². The van der Waals surface area contributed by atoms with Crippen molar-refractivity contribution in [2.75, 3.05) is 12.0 Å². The first-order valence-electron chi connectivity index (χ1n) is 10.8. The molecule has 0 saturated carbocycles. The Morgan fingerprint density at radius 3 is 1.72 bits per heavy atom. The van der Waals surface area contributed by atoms with Crippen LogP contribution in [0.15, 0.2) is 30.3 Å². The van der Waals surface area contributed by atoms with E-state index >= 15 is 0 Å². The highest BCUT2D eigenvalue weighted by Gasteiger charge is 2.32. The summed E-state index contributed by atoms with van der Waals surface area (Å²) < 4.78 is 0. The number of hydrogen-bond donors (Lipinski definition) is 7. The van der Waals surface area contributed by atoms with Gasteiger partial charge in [-0.25, -0.2) is 4.79 Å². The Hall–Kier alpha value is -3.65. The summed E-state index contributed by atoms with van der Waals surface area (Å²) in [6.07, 6.45) is 0.168. The molecule has 0 bridgehead atoms. The summed E-state index contributed by atoms with van der Waals surface area (Å²) in [4.78, 5) is 71.9. The predicted octanol–water partition coefficient (Wildman–Crippen LogP) is -1.20. The Morgan fingerprint density at radius 1 is 0.806 bits per heavy atom. The minimum atomic E-state index is -1.74. The first kappa shape index (κ1) is 30.4. The summed E-state index contributed by atoms with van der Waals surface area (Å²) in [7, 11) is 0. The lowest BCUT2D eigenvalue weighted by Crippen LogP contribution is -2.58. The van der Waals surface area contributed by atoms with Crippen molar-refractivity contribution >= 4 is 47.4 Å². The average Bonchev–Trinajstić information content (AvgIpc) is 2.80. The number of nitrogens with two attached hydrogens (primary N) is 1. The third-order valence-electron chi connectivity index (χ3n) is 4.89. The van der Waals surface area contributed by atoms with Crippen LogP contribution in [0.1, 0.15) is 24.8 Å². The Morgan fingerprint density at radius 2 is 1.28 bits per heavy atom. The van der Waals surface area contributed by atoms with Gasteiger partial charge in [0, 0.05) is 6.42 Å². The van der Waals surface area contributed by atoms with Crippen LogP contribution in [0.2, 0.25) is 0 Å². The van der Waals surface area contributed by atoms with E-state index in [1.54, 1.807) is 36.6 Å². The van der Waals surface area contributed by atoms with E-state index in [1.807, 2.05) is 0 Å². The number of thioether (sulfide) groups is 1. The van der Waals surface area contributed by atoms with Gasteiger partial charge in [-0.05, 0) is 24.0 Å². The maximum Gasteiger partial charge on any atom is 0.326 e. The fourth-order valence-electron chi connectivity index (χ4n) is 3.02. The van der Waals surface area contributed by atoms with Crippen molar-refractivity contribution in [3.63, 3.8) is 0 Å². The summed E-state index contributed by atoms with van der Waals surface area (Å²) in [5.41, 5.74) is 6.33. The Labute approximate surface area is 211 Å². The second-order valence-electron chi connectivity index (χ2n) is 7.80. The number of hydrogen-bond acceptors (Lipinski definition) is 8. The minimum Gasteiger partial charge on any atom is -0.481 e. The lowest BCUT2D eigenvalue weighted by Gasteiger charge is -2.24. The molecule has 0 heterocycles. The number of carbonyl (C=O) groups is 6. The van der Waals surface area contributed by atoms with Gasteiger partial charge in [-0.2, -0.15) is 11.8 Å². The zero-order valence-electron chi connectivity index (χ0n) is 19.5.